The molecule has 0 spiro atoms. The first kappa shape index (κ1) is 15.3. The van der Waals surface area contributed by atoms with Crippen molar-refractivity contribution in [1.82, 2.24) is 5.32 Å². The van der Waals surface area contributed by atoms with E-state index in [4.69, 9.17) is 9.15 Å². The lowest BCUT2D eigenvalue weighted by Crippen LogP contribution is -2.29. The molecule has 0 amide bonds. The normalized spacial score (nSPS) is 13.6. The maximum Gasteiger partial charge on any atom is 0.310 e. The summed E-state index contributed by atoms with van der Waals surface area (Å²) in [6.07, 6.45) is 1.64. The minimum absolute atomic E-state index is 0.0735. The molecule has 0 radical (unpaired) electrons. The van der Waals surface area contributed by atoms with Crippen molar-refractivity contribution in [3.05, 3.63) is 60.1 Å². The van der Waals surface area contributed by atoms with E-state index in [1.165, 1.54) is 0 Å². The Labute approximate surface area is 125 Å². The van der Waals surface area contributed by atoms with Crippen molar-refractivity contribution in [3.63, 3.8) is 0 Å². The molecule has 1 aromatic carbocycles. The summed E-state index contributed by atoms with van der Waals surface area (Å²) in [4.78, 5) is 11.9. The third kappa shape index (κ3) is 4.76. The molecule has 2 rings (SSSR count). The highest BCUT2D eigenvalue weighted by molar-refractivity contribution is 5.72. The molecule has 4 nitrogen and oxygen atoms in total. The van der Waals surface area contributed by atoms with Crippen LogP contribution in [0.4, 0.5) is 0 Å². The summed E-state index contributed by atoms with van der Waals surface area (Å²) in [5.41, 5.74) is 0.995. The maximum absolute atomic E-state index is 11.9. The van der Waals surface area contributed by atoms with Crippen LogP contribution in [-0.2, 0) is 16.1 Å². The number of carbonyl (C=O) groups is 1. The van der Waals surface area contributed by atoms with Gasteiger partial charge in [0, 0.05) is 6.54 Å². The average Bonchev–Trinajstić information content (AvgIpc) is 3.05. The highest BCUT2D eigenvalue weighted by Gasteiger charge is 2.16. The highest BCUT2D eigenvalue weighted by Crippen LogP contribution is 2.13. The van der Waals surface area contributed by atoms with Crippen molar-refractivity contribution in [3.8, 4) is 0 Å². The van der Waals surface area contributed by atoms with E-state index in [1.54, 1.807) is 6.26 Å². The van der Waals surface area contributed by atoms with Gasteiger partial charge in [-0.1, -0.05) is 37.3 Å². The summed E-state index contributed by atoms with van der Waals surface area (Å²) in [6.45, 7) is 4.73. The fraction of sp³-hybridized carbons (Fsp3) is 0.353. The largest absolute Gasteiger partial charge is 0.468 e. The summed E-state index contributed by atoms with van der Waals surface area (Å²) >= 11 is 0. The molecule has 2 aromatic rings. The fourth-order valence-electron chi connectivity index (χ4n) is 1.95. The van der Waals surface area contributed by atoms with Crippen LogP contribution < -0.4 is 5.32 Å². The lowest BCUT2D eigenvalue weighted by molar-refractivity contribution is -0.149. The van der Waals surface area contributed by atoms with Gasteiger partial charge >= 0.3 is 5.97 Å². The van der Waals surface area contributed by atoms with Crippen LogP contribution >= 0.6 is 0 Å². The minimum atomic E-state index is -0.203. The smallest absolute Gasteiger partial charge is 0.310 e. The van der Waals surface area contributed by atoms with Crippen molar-refractivity contribution >= 4 is 5.97 Å². The zero-order valence-corrected chi connectivity index (χ0v) is 12.4. The quantitative estimate of drug-likeness (QED) is 0.794. The molecule has 0 saturated heterocycles. The highest BCUT2D eigenvalue weighted by atomic mass is 16.5. The topological polar surface area (TPSA) is 51.5 Å². The second kappa shape index (κ2) is 7.64. The van der Waals surface area contributed by atoms with Gasteiger partial charge in [-0.2, -0.15) is 0 Å². The Morgan fingerprint density at radius 1 is 1.19 bits per heavy atom. The summed E-state index contributed by atoms with van der Waals surface area (Å²) in [5.74, 6) is 0.462. The first-order valence-corrected chi connectivity index (χ1v) is 7.14. The van der Waals surface area contributed by atoms with Crippen LogP contribution in [0.2, 0.25) is 0 Å². The number of nitrogens with one attached hydrogen (secondary N) is 1. The van der Waals surface area contributed by atoms with Gasteiger partial charge < -0.3 is 14.5 Å². The van der Waals surface area contributed by atoms with Crippen molar-refractivity contribution in [2.45, 2.75) is 26.5 Å². The Bertz CT molecular complexity index is 536. The van der Waals surface area contributed by atoms with Gasteiger partial charge in [0.25, 0.3) is 0 Å². The lowest BCUT2D eigenvalue weighted by Gasteiger charge is -2.15. The van der Waals surface area contributed by atoms with Crippen molar-refractivity contribution in [2.75, 3.05) is 6.54 Å². The number of esters is 1. The van der Waals surface area contributed by atoms with E-state index in [0.29, 0.717) is 13.2 Å². The molecule has 21 heavy (non-hydrogen) atoms. The summed E-state index contributed by atoms with van der Waals surface area (Å²) in [5, 5.41) is 3.27. The third-order valence-corrected chi connectivity index (χ3v) is 3.33. The monoisotopic (exact) mass is 287 g/mol. The van der Waals surface area contributed by atoms with Gasteiger partial charge in [0.1, 0.15) is 12.4 Å². The SMILES string of the molecule is CC(CN[C@@H](C)c1ccco1)C(=O)OCc1ccccc1. The molecule has 0 aliphatic rings. The standard InChI is InChI=1S/C17H21NO3/c1-13(11-18-14(2)16-9-6-10-20-16)17(19)21-12-15-7-4-3-5-8-15/h3-10,13-14,18H,11-12H2,1-2H3/t13?,14-/m0/s1. The first-order chi connectivity index (χ1) is 10.2. The van der Waals surface area contributed by atoms with E-state index in [-0.39, 0.29) is 17.9 Å². The van der Waals surface area contributed by atoms with Crippen molar-refractivity contribution in [2.24, 2.45) is 5.92 Å². The molecular weight excluding hydrogens is 266 g/mol. The molecule has 0 aliphatic heterocycles. The van der Waals surface area contributed by atoms with E-state index in [2.05, 4.69) is 5.32 Å². The lowest BCUT2D eigenvalue weighted by atomic mass is 10.1. The zero-order chi connectivity index (χ0) is 15.1. The number of carbonyl (C=O) groups excluding carboxylic acids is 1. The van der Waals surface area contributed by atoms with Crippen LogP contribution in [0, 0.1) is 5.92 Å². The molecule has 0 aliphatic carbocycles. The second-order valence-electron chi connectivity index (χ2n) is 5.14. The Hall–Kier alpha value is -2.07. The van der Waals surface area contributed by atoms with E-state index >= 15 is 0 Å². The third-order valence-electron chi connectivity index (χ3n) is 3.33. The number of furan rings is 1. The molecule has 4 heteroatoms. The fourth-order valence-corrected chi connectivity index (χ4v) is 1.95. The van der Waals surface area contributed by atoms with E-state index < -0.39 is 0 Å². The van der Waals surface area contributed by atoms with Gasteiger partial charge in [-0.05, 0) is 24.6 Å². The van der Waals surface area contributed by atoms with E-state index in [1.807, 2.05) is 56.3 Å². The number of rotatable bonds is 7. The molecule has 1 N–H and O–H groups in total. The molecule has 1 heterocycles. The molecule has 0 saturated carbocycles. The van der Waals surface area contributed by atoms with Gasteiger partial charge in [0.05, 0.1) is 18.2 Å². The molecule has 2 atom stereocenters. The van der Waals surface area contributed by atoms with Crippen LogP contribution in [0.25, 0.3) is 0 Å². The Morgan fingerprint density at radius 2 is 1.95 bits per heavy atom. The van der Waals surface area contributed by atoms with Gasteiger partial charge in [-0.3, -0.25) is 4.79 Å². The van der Waals surface area contributed by atoms with Gasteiger partial charge in [0.2, 0.25) is 0 Å². The number of hydrogen-bond acceptors (Lipinski definition) is 4. The van der Waals surface area contributed by atoms with Crippen LogP contribution in [0.1, 0.15) is 31.2 Å². The van der Waals surface area contributed by atoms with E-state index in [0.717, 1.165) is 11.3 Å². The maximum atomic E-state index is 11.9. The predicted octanol–water partition coefficient (Wildman–Crippen LogP) is 3.31. The Kier molecular flexibility index (Phi) is 5.58. The average molecular weight is 287 g/mol. The predicted molar refractivity (Wildman–Crippen MR) is 80.5 cm³/mol. The molecular formula is C17H21NO3. The van der Waals surface area contributed by atoms with Crippen LogP contribution in [-0.4, -0.2) is 12.5 Å². The van der Waals surface area contributed by atoms with Gasteiger partial charge in [-0.25, -0.2) is 0 Å². The molecule has 0 bridgehead atoms. The Morgan fingerprint density at radius 3 is 2.62 bits per heavy atom. The van der Waals surface area contributed by atoms with Crippen LogP contribution in [0.3, 0.4) is 0 Å². The van der Waals surface area contributed by atoms with E-state index in [9.17, 15) is 4.79 Å². The van der Waals surface area contributed by atoms with Crippen LogP contribution in [0.5, 0.6) is 0 Å². The number of benzene rings is 1. The molecule has 1 aromatic heterocycles. The van der Waals surface area contributed by atoms with Crippen molar-refractivity contribution < 1.29 is 13.9 Å². The Balaban J connectivity index is 1.72. The first-order valence-electron chi connectivity index (χ1n) is 7.14. The summed E-state index contributed by atoms with van der Waals surface area (Å²) in [7, 11) is 0. The molecule has 0 fully saturated rings. The minimum Gasteiger partial charge on any atom is -0.468 e. The van der Waals surface area contributed by atoms with Gasteiger partial charge in [-0.15, -0.1) is 0 Å². The molecule has 112 valence electrons. The number of ether oxygens (including phenoxy) is 1. The summed E-state index contributed by atoms with van der Waals surface area (Å²) < 4.78 is 10.6. The van der Waals surface area contributed by atoms with Crippen LogP contribution in [0.15, 0.2) is 53.1 Å². The molecule has 1 unspecified atom stereocenters. The van der Waals surface area contributed by atoms with Gasteiger partial charge in [0.15, 0.2) is 0 Å². The zero-order valence-electron chi connectivity index (χ0n) is 12.4. The second-order valence-corrected chi connectivity index (χ2v) is 5.14. The number of hydrogen-bond donors (Lipinski definition) is 1. The van der Waals surface area contributed by atoms with Crippen molar-refractivity contribution in [1.29, 1.82) is 0 Å². The summed E-state index contributed by atoms with van der Waals surface area (Å²) in [6, 6.07) is 13.5.